The second kappa shape index (κ2) is 7.27. The Bertz CT molecular complexity index is 538. The number of aromatic nitrogens is 1. The van der Waals surface area contributed by atoms with Gasteiger partial charge in [-0.1, -0.05) is 0 Å². The maximum atomic E-state index is 11.0. The molecule has 0 bridgehead atoms. The number of carboxylic acid groups (broad SMARTS) is 1. The second-order valence-electron chi connectivity index (χ2n) is 3.99. The van der Waals surface area contributed by atoms with Crippen LogP contribution in [0.1, 0.15) is 12.5 Å². The minimum atomic E-state index is -1.23. The lowest BCUT2D eigenvalue weighted by atomic mass is 10.0. The largest absolute Gasteiger partial charge is 0.479 e. The molecule has 0 aliphatic carbocycles. The number of dihydropyridines is 1. The van der Waals surface area contributed by atoms with Crippen LogP contribution in [-0.2, 0) is 9.59 Å². The first-order valence-corrected chi connectivity index (χ1v) is 5.78. The fourth-order valence-electron chi connectivity index (χ4n) is 1.24. The van der Waals surface area contributed by atoms with E-state index < -0.39 is 18.1 Å². The van der Waals surface area contributed by atoms with Crippen molar-refractivity contribution in [2.24, 2.45) is 10.7 Å². The van der Waals surface area contributed by atoms with Gasteiger partial charge in [-0.05, 0) is 36.3 Å². The molecule has 1 aromatic heterocycles. The third-order valence-corrected chi connectivity index (χ3v) is 2.35. The quantitative estimate of drug-likeness (QED) is 0.690. The van der Waals surface area contributed by atoms with Gasteiger partial charge in [-0.15, -0.1) is 0 Å². The van der Waals surface area contributed by atoms with Crippen molar-refractivity contribution in [3.8, 4) is 0 Å². The van der Waals surface area contributed by atoms with Gasteiger partial charge in [0.2, 0.25) is 0 Å². The number of carbonyl (C=O) groups excluding carboxylic acids is 1. The van der Waals surface area contributed by atoms with Crippen LogP contribution >= 0.6 is 0 Å². The molecule has 0 radical (unpaired) electrons. The predicted molar refractivity (Wildman–Crippen MR) is 73.0 cm³/mol. The van der Waals surface area contributed by atoms with Gasteiger partial charge in [0.25, 0.3) is 5.91 Å². The van der Waals surface area contributed by atoms with E-state index in [1.165, 1.54) is 13.1 Å². The highest BCUT2D eigenvalue weighted by Crippen LogP contribution is 2.14. The molecule has 2 heterocycles. The zero-order valence-electron chi connectivity index (χ0n) is 10.8. The lowest BCUT2D eigenvalue weighted by molar-refractivity contribution is -0.145. The number of aliphatic carboxylic acids is 1. The van der Waals surface area contributed by atoms with Gasteiger partial charge < -0.3 is 15.9 Å². The Hall–Kier alpha value is -2.38. The molecule has 1 aliphatic rings. The monoisotopic (exact) mass is 277 g/mol. The third kappa shape index (κ3) is 4.71. The van der Waals surface area contributed by atoms with Crippen molar-refractivity contribution in [2.45, 2.75) is 19.1 Å². The Morgan fingerprint density at radius 1 is 1.40 bits per heavy atom. The summed E-state index contributed by atoms with van der Waals surface area (Å²) in [7, 11) is 0. The van der Waals surface area contributed by atoms with E-state index in [4.69, 9.17) is 15.9 Å². The van der Waals surface area contributed by atoms with Gasteiger partial charge in [0.15, 0.2) is 0 Å². The Morgan fingerprint density at radius 3 is 2.40 bits per heavy atom. The zero-order valence-corrected chi connectivity index (χ0v) is 10.8. The molecule has 106 valence electrons. The van der Waals surface area contributed by atoms with Crippen molar-refractivity contribution in [3.63, 3.8) is 0 Å². The smallest absolute Gasteiger partial charge is 0.332 e. The minimum Gasteiger partial charge on any atom is -0.479 e. The van der Waals surface area contributed by atoms with Crippen LogP contribution < -0.4 is 5.73 Å². The van der Waals surface area contributed by atoms with Crippen LogP contribution in [0.4, 0.5) is 0 Å². The molecule has 0 saturated carbocycles. The maximum absolute atomic E-state index is 11.0. The van der Waals surface area contributed by atoms with Gasteiger partial charge in [-0.25, -0.2) is 9.79 Å². The number of rotatable bonds is 2. The van der Waals surface area contributed by atoms with Crippen LogP contribution in [0.25, 0.3) is 5.57 Å². The van der Waals surface area contributed by atoms with Gasteiger partial charge in [-0.3, -0.25) is 9.78 Å². The maximum Gasteiger partial charge on any atom is 0.332 e. The Morgan fingerprint density at radius 2 is 1.95 bits per heavy atom. The van der Waals surface area contributed by atoms with Crippen LogP contribution in [0.5, 0.6) is 0 Å². The van der Waals surface area contributed by atoms with Gasteiger partial charge >= 0.3 is 5.97 Å². The van der Waals surface area contributed by atoms with E-state index in [1.54, 1.807) is 18.5 Å². The summed E-state index contributed by atoms with van der Waals surface area (Å²) >= 11 is 0. The van der Waals surface area contributed by atoms with E-state index >= 15 is 0 Å². The molecule has 2 unspecified atom stereocenters. The van der Waals surface area contributed by atoms with Crippen molar-refractivity contribution in [2.75, 3.05) is 0 Å². The molecule has 0 fully saturated rings. The third-order valence-electron chi connectivity index (χ3n) is 2.35. The molecule has 0 saturated heterocycles. The molecule has 7 nitrogen and oxygen atoms in total. The summed E-state index contributed by atoms with van der Waals surface area (Å²) in [5.74, 6) is -1.49. The summed E-state index contributed by atoms with van der Waals surface area (Å²) in [5.41, 5.74) is 7.38. The fraction of sp³-hybridized carbons (Fsp3) is 0.231. The molecular weight excluding hydrogens is 262 g/mol. The first-order valence-electron chi connectivity index (χ1n) is 5.78. The standard InChI is InChI=1S/C10H9N3O.C3H6O3/c11-9-5-8(6-13-10(9)14)7-1-3-12-4-2-7;1-2(4)3(5)6/h1-6,9H,11H2;2,4H,1H3,(H,5,6). The number of amides is 1. The van der Waals surface area contributed by atoms with Gasteiger partial charge in [-0.2, -0.15) is 0 Å². The number of nitrogens with zero attached hydrogens (tertiary/aromatic N) is 2. The van der Waals surface area contributed by atoms with Crippen LogP contribution in [0.2, 0.25) is 0 Å². The first-order chi connectivity index (χ1) is 9.41. The Balaban J connectivity index is 0.000000286. The molecule has 4 N–H and O–H groups in total. The molecule has 2 atom stereocenters. The molecule has 1 aromatic rings. The van der Waals surface area contributed by atoms with E-state index in [0.717, 1.165) is 11.1 Å². The molecule has 1 aliphatic heterocycles. The normalized spacial score (nSPS) is 18.6. The SMILES string of the molecule is CC(O)C(=O)O.NC1C=C(c2ccncc2)C=NC1=O. The number of aliphatic imine (C=N–C) groups is 1. The summed E-state index contributed by atoms with van der Waals surface area (Å²) in [6.07, 6.45) is 5.37. The van der Waals surface area contributed by atoms with E-state index in [2.05, 4.69) is 9.98 Å². The van der Waals surface area contributed by atoms with Crippen LogP contribution in [0.3, 0.4) is 0 Å². The topological polar surface area (TPSA) is 126 Å². The predicted octanol–water partition coefficient (Wildman–Crippen LogP) is -0.145. The van der Waals surface area contributed by atoms with Crippen LogP contribution in [0, 0.1) is 0 Å². The molecular formula is C13H15N3O4. The number of aliphatic hydroxyl groups is 1. The first kappa shape index (κ1) is 15.7. The highest BCUT2D eigenvalue weighted by Gasteiger charge is 2.14. The summed E-state index contributed by atoms with van der Waals surface area (Å²) < 4.78 is 0. The van der Waals surface area contributed by atoms with E-state index in [0.29, 0.717) is 0 Å². The van der Waals surface area contributed by atoms with E-state index in [9.17, 15) is 9.59 Å². The van der Waals surface area contributed by atoms with Gasteiger partial charge in [0.1, 0.15) is 12.1 Å². The number of pyridine rings is 1. The second-order valence-corrected chi connectivity index (χ2v) is 3.99. The number of hydrogen-bond donors (Lipinski definition) is 3. The van der Waals surface area contributed by atoms with Gasteiger partial charge in [0, 0.05) is 18.6 Å². The van der Waals surface area contributed by atoms with Gasteiger partial charge in [0.05, 0.1) is 0 Å². The number of hydrogen-bond acceptors (Lipinski definition) is 5. The summed E-state index contributed by atoms with van der Waals surface area (Å²) in [6, 6.07) is 3.07. The number of aliphatic hydroxyl groups excluding tert-OH is 1. The van der Waals surface area contributed by atoms with Crippen molar-refractivity contribution in [3.05, 3.63) is 36.2 Å². The highest BCUT2D eigenvalue weighted by molar-refractivity contribution is 6.17. The highest BCUT2D eigenvalue weighted by atomic mass is 16.4. The van der Waals surface area contributed by atoms with E-state index in [1.807, 2.05) is 12.1 Å². The van der Waals surface area contributed by atoms with Crippen molar-refractivity contribution < 1.29 is 19.8 Å². The minimum absolute atomic E-state index is 0.303. The Labute approximate surface area is 115 Å². The van der Waals surface area contributed by atoms with Crippen LogP contribution in [0.15, 0.2) is 35.6 Å². The van der Waals surface area contributed by atoms with Crippen molar-refractivity contribution in [1.82, 2.24) is 4.98 Å². The van der Waals surface area contributed by atoms with Crippen molar-refractivity contribution >= 4 is 23.7 Å². The number of carbonyl (C=O) groups is 2. The van der Waals surface area contributed by atoms with Crippen molar-refractivity contribution in [1.29, 1.82) is 0 Å². The lowest BCUT2D eigenvalue weighted by Gasteiger charge is -2.10. The number of carboxylic acids is 1. The molecule has 0 aromatic carbocycles. The number of nitrogens with two attached hydrogens (primary N) is 1. The molecule has 7 heteroatoms. The average Bonchev–Trinajstić information content (AvgIpc) is 2.43. The summed E-state index contributed by atoms with van der Waals surface area (Å²) in [6.45, 7) is 1.20. The fourth-order valence-corrected chi connectivity index (χ4v) is 1.24. The summed E-state index contributed by atoms with van der Waals surface area (Å²) in [4.78, 5) is 28.0. The summed E-state index contributed by atoms with van der Waals surface area (Å²) in [5, 5.41) is 15.8. The average molecular weight is 277 g/mol. The zero-order chi connectivity index (χ0) is 15.1. The molecule has 1 amide bonds. The molecule has 0 spiro atoms. The molecule has 2 rings (SSSR count). The van der Waals surface area contributed by atoms with E-state index in [-0.39, 0.29) is 5.91 Å². The number of allylic oxidation sites excluding steroid dienone is 1. The Kier molecular flexibility index (Phi) is 5.70. The lowest BCUT2D eigenvalue weighted by Crippen LogP contribution is -2.29. The molecule has 20 heavy (non-hydrogen) atoms. The van der Waals surface area contributed by atoms with Crippen LogP contribution in [-0.4, -0.2) is 45.4 Å².